The number of nitrogens with one attached hydrogen (secondary N) is 1. The van der Waals surface area contributed by atoms with Crippen molar-refractivity contribution in [3.63, 3.8) is 0 Å². The number of ether oxygens (including phenoxy) is 1. The predicted octanol–water partition coefficient (Wildman–Crippen LogP) is 3.07. The first-order valence-corrected chi connectivity index (χ1v) is 9.00. The largest absolute Gasteiger partial charge is 0.385 e. The van der Waals surface area contributed by atoms with Crippen LogP contribution in [-0.4, -0.2) is 37.0 Å². The zero-order valence-electron chi connectivity index (χ0n) is 15.3. The summed E-state index contributed by atoms with van der Waals surface area (Å²) in [6.07, 6.45) is 0.843. The van der Waals surface area contributed by atoms with Crippen molar-refractivity contribution in [3.8, 4) is 0 Å². The average molecular weight is 370 g/mol. The topological polar surface area (TPSA) is 58.6 Å². The van der Waals surface area contributed by atoms with Gasteiger partial charge in [-0.15, -0.1) is 0 Å². The number of benzene rings is 2. The number of fused-ring (bicyclic) bond motifs is 1. The van der Waals surface area contributed by atoms with Gasteiger partial charge in [0.2, 0.25) is 5.91 Å². The molecular formula is C21H23FN2O3. The van der Waals surface area contributed by atoms with Crippen molar-refractivity contribution in [2.45, 2.75) is 25.4 Å². The minimum atomic E-state index is -0.451. The van der Waals surface area contributed by atoms with E-state index in [2.05, 4.69) is 5.32 Å². The number of carbonyl (C=O) groups excluding carboxylic acids is 2. The predicted molar refractivity (Wildman–Crippen MR) is 99.6 cm³/mol. The second-order valence-electron chi connectivity index (χ2n) is 6.56. The number of nitrogens with zero attached hydrogens (tertiary/aromatic N) is 1. The molecule has 1 aliphatic rings. The second-order valence-corrected chi connectivity index (χ2v) is 6.56. The maximum absolute atomic E-state index is 13.3. The number of carbonyl (C=O) groups is 2. The number of rotatable bonds is 8. The molecule has 1 N–H and O–H groups in total. The third-order valence-corrected chi connectivity index (χ3v) is 4.71. The third-order valence-electron chi connectivity index (χ3n) is 4.71. The van der Waals surface area contributed by atoms with Crippen molar-refractivity contribution in [1.82, 2.24) is 10.2 Å². The van der Waals surface area contributed by atoms with E-state index in [0.29, 0.717) is 25.3 Å². The summed E-state index contributed by atoms with van der Waals surface area (Å²) in [5, 5.41) is 2.86. The molecule has 0 fully saturated rings. The quantitative estimate of drug-likeness (QED) is 0.727. The van der Waals surface area contributed by atoms with Crippen LogP contribution >= 0.6 is 0 Å². The summed E-state index contributed by atoms with van der Waals surface area (Å²) in [5.41, 5.74) is 2.34. The van der Waals surface area contributed by atoms with Gasteiger partial charge in [-0.1, -0.05) is 30.3 Å². The molecule has 1 heterocycles. The number of amides is 2. The first-order valence-electron chi connectivity index (χ1n) is 9.00. The Balaban J connectivity index is 1.78. The Morgan fingerprint density at radius 1 is 1.22 bits per heavy atom. The molecule has 142 valence electrons. The summed E-state index contributed by atoms with van der Waals surface area (Å²) in [5.74, 6) is -0.603. The van der Waals surface area contributed by atoms with E-state index in [1.807, 2.05) is 18.2 Å². The van der Waals surface area contributed by atoms with Gasteiger partial charge in [0.25, 0.3) is 5.91 Å². The lowest BCUT2D eigenvalue weighted by atomic mass is 10.0. The van der Waals surface area contributed by atoms with Gasteiger partial charge in [0.15, 0.2) is 0 Å². The number of halogens is 1. The Kier molecular flexibility index (Phi) is 6.19. The van der Waals surface area contributed by atoms with Crippen LogP contribution in [-0.2, 0) is 16.1 Å². The monoisotopic (exact) mass is 370 g/mol. The zero-order valence-corrected chi connectivity index (χ0v) is 15.3. The highest BCUT2D eigenvalue weighted by atomic mass is 19.1. The van der Waals surface area contributed by atoms with Crippen molar-refractivity contribution < 1.29 is 18.7 Å². The Morgan fingerprint density at radius 3 is 2.67 bits per heavy atom. The average Bonchev–Trinajstić information content (AvgIpc) is 3.01. The molecule has 0 radical (unpaired) electrons. The summed E-state index contributed by atoms with van der Waals surface area (Å²) in [6, 6.07) is 13.0. The third kappa shape index (κ3) is 4.52. The molecule has 0 aliphatic carbocycles. The lowest BCUT2D eigenvalue weighted by molar-refractivity contribution is -0.122. The Morgan fingerprint density at radius 2 is 1.96 bits per heavy atom. The molecule has 2 aromatic rings. The molecule has 0 aromatic heterocycles. The van der Waals surface area contributed by atoms with Crippen LogP contribution in [0.15, 0.2) is 48.5 Å². The van der Waals surface area contributed by atoms with Gasteiger partial charge in [-0.3, -0.25) is 9.59 Å². The molecule has 0 saturated heterocycles. The van der Waals surface area contributed by atoms with Crippen molar-refractivity contribution in [2.75, 3.05) is 20.3 Å². The van der Waals surface area contributed by atoms with Crippen LogP contribution in [0.5, 0.6) is 0 Å². The normalized spacial score (nSPS) is 14.1. The molecule has 6 heteroatoms. The van der Waals surface area contributed by atoms with E-state index in [4.69, 9.17) is 4.74 Å². The van der Waals surface area contributed by atoms with Gasteiger partial charge in [0.1, 0.15) is 5.82 Å². The molecule has 0 bridgehead atoms. The van der Waals surface area contributed by atoms with E-state index < -0.39 is 6.04 Å². The maximum Gasteiger partial charge on any atom is 0.255 e. The second kappa shape index (κ2) is 8.77. The smallest absolute Gasteiger partial charge is 0.255 e. The SMILES string of the molecule is COCCCNC(=O)CC(c1ccc(F)cc1)N1Cc2ccccc2C1=O. The lowest BCUT2D eigenvalue weighted by Crippen LogP contribution is -2.34. The Bertz CT molecular complexity index is 807. The molecule has 0 saturated carbocycles. The lowest BCUT2D eigenvalue weighted by Gasteiger charge is -2.28. The van der Waals surface area contributed by atoms with Crippen molar-refractivity contribution >= 4 is 11.8 Å². The van der Waals surface area contributed by atoms with Gasteiger partial charge in [0, 0.05) is 32.4 Å². The molecule has 1 aliphatic heterocycles. The molecule has 1 unspecified atom stereocenters. The molecule has 27 heavy (non-hydrogen) atoms. The van der Waals surface area contributed by atoms with Gasteiger partial charge >= 0.3 is 0 Å². The molecule has 5 nitrogen and oxygen atoms in total. The van der Waals surface area contributed by atoms with Crippen LogP contribution in [0.1, 0.15) is 40.4 Å². The number of hydrogen-bond donors (Lipinski definition) is 1. The first-order chi connectivity index (χ1) is 13.1. The van der Waals surface area contributed by atoms with Crippen molar-refractivity contribution in [3.05, 3.63) is 71.0 Å². The fourth-order valence-electron chi connectivity index (χ4n) is 3.31. The maximum atomic E-state index is 13.3. The Labute approximate surface area is 158 Å². The number of methoxy groups -OCH3 is 1. The van der Waals surface area contributed by atoms with E-state index in [-0.39, 0.29) is 24.1 Å². The fourth-order valence-corrected chi connectivity index (χ4v) is 3.31. The summed E-state index contributed by atoms with van der Waals surface area (Å²) < 4.78 is 18.3. The van der Waals surface area contributed by atoms with E-state index >= 15 is 0 Å². The molecule has 2 amide bonds. The van der Waals surface area contributed by atoms with Crippen LogP contribution in [0.4, 0.5) is 4.39 Å². The van der Waals surface area contributed by atoms with Crippen LogP contribution in [0.2, 0.25) is 0 Å². The van der Waals surface area contributed by atoms with E-state index in [9.17, 15) is 14.0 Å². The summed E-state index contributed by atoms with van der Waals surface area (Å²) in [7, 11) is 1.61. The van der Waals surface area contributed by atoms with Crippen molar-refractivity contribution in [1.29, 1.82) is 0 Å². The minimum absolute atomic E-state index is 0.105. The van der Waals surface area contributed by atoms with Crippen LogP contribution in [0, 0.1) is 5.82 Å². The van der Waals surface area contributed by atoms with Gasteiger partial charge in [-0.05, 0) is 35.7 Å². The van der Waals surface area contributed by atoms with E-state index in [1.54, 1.807) is 30.2 Å². The molecular weight excluding hydrogens is 347 g/mol. The highest BCUT2D eigenvalue weighted by Crippen LogP contribution is 2.33. The highest BCUT2D eigenvalue weighted by molar-refractivity contribution is 5.98. The van der Waals surface area contributed by atoms with Crippen LogP contribution in [0.25, 0.3) is 0 Å². The van der Waals surface area contributed by atoms with Gasteiger partial charge in [-0.2, -0.15) is 0 Å². The fraction of sp³-hybridized carbons (Fsp3) is 0.333. The minimum Gasteiger partial charge on any atom is -0.385 e. The molecule has 0 spiro atoms. The first kappa shape index (κ1) is 19.0. The van der Waals surface area contributed by atoms with E-state index in [1.165, 1.54) is 12.1 Å². The summed E-state index contributed by atoms with van der Waals surface area (Å²) >= 11 is 0. The van der Waals surface area contributed by atoms with Crippen LogP contribution < -0.4 is 5.32 Å². The zero-order chi connectivity index (χ0) is 19.2. The summed E-state index contributed by atoms with van der Waals surface area (Å²) in [6.45, 7) is 1.52. The van der Waals surface area contributed by atoms with Gasteiger partial charge in [0.05, 0.1) is 12.5 Å². The standard InChI is InChI=1S/C21H23FN2O3/c1-27-12-4-11-23-20(25)13-19(15-7-9-17(22)10-8-15)24-14-16-5-2-3-6-18(16)21(24)26/h2-3,5-10,19H,4,11-14H2,1H3,(H,23,25). The molecule has 3 rings (SSSR count). The highest BCUT2D eigenvalue weighted by Gasteiger charge is 2.34. The van der Waals surface area contributed by atoms with Gasteiger partial charge < -0.3 is 15.0 Å². The summed E-state index contributed by atoms with van der Waals surface area (Å²) in [4.78, 5) is 27.0. The molecule has 1 atom stereocenters. The number of hydrogen-bond acceptors (Lipinski definition) is 3. The van der Waals surface area contributed by atoms with Crippen LogP contribution in [0.3, 0.4) is 0 Å². The van der Waals surface area contributed by atoms with E-state index in [0.717, 1.165) is 17.5 Å². The Hall–Kier alpha value is -2.73. The van der Waals surface area contributed by atoms with Gasteiger partial charge in [-0.25, -0.2) is 4.39 Å². The molecule has 2 aromatic carbocycles. The van der Waals surface area contributed by atoms with Crippen molar-refractivity contribution in [2.24, 2.45) is 0 Å².